The van der Waals surface area contributed by atoms with Crippen LogP contribution in [0.15, 0.2) is 206 Å². The van der Waals surface area contributed by atoms with Crippen LogP contribution in [-0.2, 0) is 36.0 Å². The summed E-state index contributed by atoms with van der Waals surface area (Å²) in [5.74, 6) is 2.05. The van der Waals surface area contributed by atoms with Crippen molar-refractivity contribution in [1.29, 1.82) is 0 Å². The predicted molar refractivity (Wildman–Crippen MR) is 261 cm³/mol. The fourth-order valence-electron chi connectivity index (χ4n) is 7.61. The van der Waals surface area contributed by atoms with Crippen molar-refractivity contribution in [2.75, 3.05) is 13.3 Å². The minimum absolute atomic E-state index is 0. The molecule has 0 aliphatic carbocycles. The number of nitrogens with zero attached hydrogens (tertiary/aromatic N) is 1. The molecule has 0 bridgehead atoms. The maximum Gasteiger partial charge on any atom is 2.00 e. The van der Waals surface area contributed by atoms with Crippen LogP contribution in [0.4, 0.5) is 5.69 Å². The molecule has 0 unspecified atom stereocenters. The van der Waals surface area contributed by atoms with Gasteiger partial charge in [-0.2, -0.15) is 14.1 Å². The number of ether oxygens (including phenoxy) is 1. The summed E-state index contributed by atoms with van der Waals surface area (Å²) >= 11 is 0. The van der Waals surface area contributed by atoms with Crippen LogP contribution >= 0.6 is 15.8 Å². The van der Waals surface area contributed by atoms with E-state index in [-0.39, 0.29) is 25.8 Å². The van der Waals surface area contributed by atoms with E-state index < -0.39 is 26.0 Å². The Morgan fingerprint density at radius 3 is 1.58 bits per heavy atom. The van der Waals surface area contributed by atoms with E-state index in [0.29, 0.717) is 6.26 Å². The molecular formula is C53H48NO4P2PdS+. The minimum atomic E-state index is -3.67. The van der Waals surface area contributed by atoms with E-state index in [0.717, 1.165) is 28.3 Å². The molecule has 0 atom stereocenters. The average molecular weight is 963 g/mol. The van der Waals surface area contributed by atoms with E-state index in [2.05, 4.69) is 189 Å². The molecule has 8 aromatic carbocycles. The maximum absolute atomic E-state index is 9.19. The molecule has 62 heavy (non-hydrogen) atoms. The summed E-state index contributed by atoms with van der Waals surface area (Å²) in [6.45, 7) is 4.71. The summed E-state index contributed by atoms with van der Waals surface area (Å²) in [7, 11) is -4.00. The minimum Gasteiger partial charge on any atom is -0.694 e. The van der Waals surface area contributed by atoms with Gasteiger partial charge < -0.3 is 10.1 Å². The van der Waals surface area contributed by atoms with E-state index in [1.807, 2.05) is 49.5 Å². The first-order valence-electron chi connectivity index (χ1n) is 20.0. The summed E-state index contributed by atoms with van der Waals surface area (Å²) in [6.07, 6.45) is 0.715. The van der Waals surface area contributed by atoms with E-state index >= 15 is 0 Å². The molecule has 1 aliphatic heterocycles. The monoisotopic (exact) mass is 962 g/mol. The Balaban J connectivity index is 0.000000266. The fourth-order valence-corrected chi connectivity index (χ4v) is 12.7. The largest absolute Gasteiger partial charge is 2.00 e. The Hall–Kier alpha value is -5.21. The first kappa shape index (κ1) is 46.3. The molecule has 1 N–H and O–H groups in total. The van der Waals surface area contributed by atoms with Crippen LogP contribution in [0.3, 0.4) is 0 Å². The standard InChI is InChI=1S/C39H32OP2.C13H11N.CH4O3S.Pd/c1-39(2)33-25-15-27-35(41(29-17-7-3-8-18-29)30-19-9-4-10-20-30)37(33)40-38-34(39)26-16-28-36(38)42(31-21-11-5-12-22-31)32-23-13-6-14-24-32;1-14-13-10-6-5-9-12(13)11-7-3-2-4-8-11;1-5(2,3)4;/h3-28H,1-2H3;2-7,9-10H,1H3;1H3,(H,2,3,4);/q;-2;;+2/p+1. The third-order valence-electron chi connectivity index (χ3n) is 10.4. The second kappa shape index (κ2) is 21.2. The van der Waals surface area contributed by atoms with Crippen molar-refractivity contribution in [1.82, 2.24) is 0 Å². The molecular weight excluding hydrogens is 915 g/mol. The van der Waals surface area contributed by atoms with Crippen LogP contribution in [0.5, 0.6) is 11.5 Å². The summed E-state index contributed by atoms with van der Waals surface area (Å²) in [5, 5.41) is 12.2. The van der Waals surface area contributed by atoms with Gasteiger partial charge >= 0.3 is 20.4 Å². The van der Waals surface area contributed by atoms with Crippen LogP contribution in [0.25, 0.3) is 16.4 Å². The Kier molecular flexibility index (Phi) is 15.9. The fraction of sp³-hybridized carbons (Fsp3) is 0.0943. The van der Waals surface area contributed by atoms with Crippen molar-refractivity contribution in [2.45, 2.75) is 19.3 Å². The van der Waals surface area contributed by atoms with Crippen LogP contribution in [0.1, 0.15) is 25.0 Å². The van der Waals surface area contributed by atoms with Crippen molar-refractivity contribution >= 4 is 63.5 Å². The number of para-hydroxylation sites is 3. The van der Waals surface area contributed by atoms with Crippen molar-refractivity contribution in [3.63, 3.8) is 0 Å². The van der Waals surface area contributed by atoms with E-state index in [9.17, 15) is 8.42 Å². The zero-order valence-electron chi connectivity index (χ0n) is 34.9. The summed E-state index contributed by atoms with van der Waals surface area (Å²) in [4.78, 5) is 0. The van der Waals surface area contributed by atoms with Crippen molar-refractivity contribution < 1.29 is 38.1 Å². The zero-order chi connectivity index (χ0) is 42.8. The van der Waals surface area contributed by atoms with Crippen molar-refractivity contribution in [3.8, 4) is 22.6 Å². The van der Waals surface area contributed by atoms with Gasteiger partial charge in [-0.3, -0.25) is 4.55 Å². The van der Waals surface area contributed by atoms with E-state index in [4.69, 9.17) is 9.29 Å². The van der Waals surface area contributed by atoms with Gasteiger partial charge in [-0.1, -0.05) is 166 Å². The maximum atomic E-state index is 9.19. The number of rotatable bonds is 8. The third-order valence-corrected chi connectivity index (χ3v) is 15.6. The number of benzene rings is 8. The molecule has 314 valence electrons. The SMILES string of the molecule is CC1(C)c2cccc(P(c3ccccc3)c3ccccc3)c2Oc2c([PH+](c3ccccc3)c3ccccc3)cccc21.CS(=O)(=O)O.C[N-]c1ccccc1-c1[c-]cccc1.[Pd+2]. The van der Waals surface area contributed by atoms with Gasteiger partial charge in [-0.25, -0.2) is 0 Å². The summed E-state index contributed by atoms with van der Waals surface area (Å²) in [6, 6.07) is 76.6. The van der Waals surface area contributed by atoms with Gasteiger partial charge in [0.05, 0.1) is 6.26 Å². The molecule has 0 saturated carbocycles. The Labute approximate surface area is 383 Å². The van der Waals surface area contributed by atoms with Gasteiger partial charge in [0, 0.05) is 21.8 Å². The van der Waals surface area contributed by atoms with Crippen LogP contribution in [0, 0.1) is 6.07 Å². The van der Waals surface area contributed by atoms with Crippen LogP contribution in [0.2, 0.25) is 0 Å². The van der Waals surface area contributed by atoms with Gasteiger partial charge in [-0.05, 0) is 48.9 Å². The van der Waals surface area contributed by atoms with Gasteiger partial charge in [0.1, 0.15) is 29.6 Å². The van der Waals surface area contributed by atoms with Crippen LogP contribution < -0.4 is 36.6 Å². The van der Waals surface area contributed by atoms with Crippen LogP contribution in [-0.4, -0.2) is 26.3 Å². The number of hydrogen-bond acceptors (Lipinski definition) is 3. The molecule has 5 nitrogen and oxygen atoms in total. The summed E-state index contributed by atoms with van der Waals surface area (Å²) in [5.41, 5.74) is 5.52. The topological polar surface area (TPSA) is 77.7 Å². The average Bonchev–Trinajstić information content (AvgIpc) is 3.28. The predicted octanol–water partition coefficient (Wildman–Crippen LogP) is 10.7. The Morgan fingerprint density at radius 2 is 1.06 bits per heavy atom. The summed E-state index contributed by atoms with van der Waals surface area (Å²) < 4.78 is 33.1. The molecule has 9 rings (SSSR count). The molecule has 0 radical (unpaired) electrons. The first-order chi connectivity index (χ1) is 29.5. The molecule has 0 aromatic heterocycles. The number of fused-ring (bicyclic) bond motifs is 2. The molecule has 0 saturated heterocycles. The third kappa shape index (κ3) is 11.0. The number of hydrogen-bond donors (Lipinski definition) is 1. The molecule has 1 aliphatic rings. The van der Waals surface area contributed by atoms with E-state index in [1.165, 1.54) is 43.0 Å². The first-order valence-corrected chi connectivity index (χ1v) is 24.6. The second-order valence-corrected chi connectivity index (χ2v) is 21.0. The Morgan fingerprint density at radius 1 is 0.597 bits per heavy atom. The van der Waals surface area contributed by atoms with Gasteiger partial charge in [-0.15, -0.1) is 48.5 Å². The smallest absolute Gasteiger partial charge is 0.694 e. The Bertz CT molecular complexity index is 2560. The van der Waals surface area contributed by atoms with Gasteiger partial charge in [0.15, 0.2) is 5.75 Å². The molecule has 1 heterocycles. The second-order valence-electron chi connectivity index (χ2n) is 14.9. The van der Waals surface area contributed by atoms with Gasteiger partial charge in [0.2, 0.25) is 0 Å². The molecule has 0 fully saturated rings. The molecule has 0 amide bonds. The van der Waals surface area contributed by atoms with E-state index in [1.54, 1.807) is 0 Å². The molecule has 9 heteroatoms. The molecule has 8 aromatic rings. The van der Waals surface area contributed by atoms with Gasteiger partial charge in [0.25, 0.3) is 10.1 Å². The normalized spacial score (nSPS) is 12.2. The molecule has 0 spiro atoms. The van der Waals surface area contributed by atoms with Crippen molar-refractivity contribution in [2.24, 2.45) is 0 Å². The van der Waals surface area contributed by atoms with Crippen molar-refractivity contribution in [3.05, 3.63) is 229 Å². The zero-order valence-corrected chi connectivity index (χ0v) is 39.2. The quantitative estimate of drug-likeness (QED) is 0.0712.